The Morgan fingerprint density at radius 1 is 1.47 bits per heavy atom. The van der Waals surface area contributed by atoms with E-state index in [0.29, 0.717) is 5.92 Å². The molecule has 0 spiro atoms. The van der Waals surface area contributed by atoms with E-state index in [4.69, 9.17) is 10.5 Å². The molecule has 1 saturated heterocycles. The molecule has 2 N–H and O–H groups in total. The summed E-state index contributed by atoms with van der Waals surface area (Å²) < 4.78 is 6.47. The van der Waals surface area contributed by atoms with Gasteiger partial charge in [0.25, 0.3) is 0 Å². The molecule has 2 rings (SSSR count). The first-order valence-electron chi connectivity index (χ1n) is 5.38. The van der Waals surface area contributed by atoms with Gasteiger partial charge in [-0.2, -0.15) is 0 Å². The molecule has 3 heteroatoms. The van der Waals surface area contributed by atoms with Crippen LogP contribution in [0.1, 0.15) is 18.4 Å². The van der Waals surface area contributed by atoms with Crippen molar-refractivity contribution in [3.63, 3.8) is 0 Å². The Hall–Kier alpha value is -0.540. The van der Waals surface area contributed by atoms with Crippen LogP contribution in [0.15, 0.2) is 22.7 Å². The number of benzene rings is 1. The zero-order chi connectivity index (χ0) is 10.7. The van der Waals surface area contributed by atoms with Crippen LogP contribution in [0.3, 0.4) is 0 Å². The molecule has 1 aromatic carbocycles. The highest BCUT2D eigenvalue weighted by atomic mass is 79.9. The van der Waals surface area contributed by atoms with Crippen molar-refractivity contribution in [1.29, 1.82) is 0 Å². The average Bonchev–Trinajstić information content (AvgIpc) is 2.26. The molecule has 0 bridgehead atoms. The molecule has 1 aliphatic rings. The van der Waals surface area contributed by atoms with Gasteiger partial charge in [-0.15, -0.1) is 0 Å². The first-order valence-corrected chi connectivity index (χ1v) is 6.17. The van der Waals surface area contributed by atoms with Crippen LogP contribution in [0.25, 0.3) is 0 Å². The van der Waals surface area contributed by atoms with Crippen molar-refractivity contribution in [3.8, 4) is 0 Å². The molecule has 15 heavy (non-hydrogen) atoms. The SMILES string of the molecule is Nc1c(Br)cccc1CC1CCCOC1. The molecule has 1 aliphatic heterocycles. The van der Waals surface area contributed by atoms with Gasteiger partial charge < -0.3 is 10.5 Å². The van der Waals surface area contributed by atoms with Crippen LogP contribution >= 0.6 is 15.9 Å². The minimum atomic E-state index is 0.635. The van der Waals surface area contributed by atoms with Gasteiger partial charge in [-0.05, 0) is 52.7 Å². The van der Waals surface area contributed by atoms with Crippen molar-refractivity contribution in [2.75, 3.05) is 18.9 Å². The quantitative estimate of drug-likeness (QED) is 0.838. The van der Waals surface area contributed by atoms with Crippen molar-refractivity contribution in [2.24, 2.45) is 5.92 Å². The molecule has 2 nitrogen and oxygen atoms in total. The molecule has 1 heterocycles. The van der Waals surface area contributed by atoms with Gasteiger partial charge in [0, 0.05) is 23.4 Å². The van der Waals surface area contributed by atoms with Gasteiger partial charge in [0.05, 0.1) is 0 Å². The lowest BCUT2D eigenvalue weighted by molar-refractivity contribution is 0.0551. The monoisotopic (exact) mass is 269 g/mol. The maximum absolute atomic E-state index is 6.01. The summed E-state index contributed by atoms with van der Waals surface area (Å²) >= 11 is 3.45. The van der Waals surface area contributed by atoms with Gasteiger partial charge in [0.1, 0.15) is 0 Å². The summed E-state index contributed by atoms with van der Waals surface area (Å²) in [6.07, 6.45) is 3.47. The highest BCUT2D eigenvalue weighted by Gasteiger charge is 2.15. The lowest BCUT2D eigenvalue weighted by Gasteiger charge is -2.22. The molecule has 0 saturated carbocycles. The molecule has 0 amide bonds. The summed E-state index contributed by atoms with van der Waals surface area (Å²) in [5.41, 5.74) is 8.13. The molecule has 82 valence electrons. The standard InChI is InChI=1S/C12H16BrNO/c13-11-5-1-4-10(12(11)14)7-9-3-2-6-15-8-9/h1,4-5,9H,2-3,6-8,14H2. The van der Waals surface area contributed by atoms with Crippen molar-refractivity contribution in [3.05, 3.63) is 28.2 Å². The second-order valence-corrected chi connectivity index (χ2v) is 4.95. The third-order valence-electron chi connectivity index (χ3n) is 2.91. The lowest BCUT2D eigenvalue weighted by atomic mass is 9.93. The predicted octanol–water partition coefficient (Wildman–Crippen LogP) is 3.00. The van der Waals surface area contributed by atoms with Crippen LogP contribution in [0, 0.1) is 5.92 Å². The fraction of sp³-hybridized carbons (Fsp3) is 0.500. The average molecular weight is 270 g/mol. The number of anilines is 1. The zero-order valence-corrected chi connectivity index (χ0v) is 10.3. The van der Waals surface area contributed by atoms with E-state index in [9.17, 15) is 0 Å². The number of nitrogens with two attached hydrogens (primary N) is 1. The lowest BCUT2D eigenvalue weighted by Crippen LogP contribution is -2.19. The number of halogens is 1. The maximum Gasteiger partial charge on any atom is 0.0497 e. The number of ether oxygens (including phenoxy) is 1. The van der Waals surface area contributed by atoms with Crippen LogP contribution in [0.2, 0.25) is 0 Å². The Kier molecular flexibility index (Phi) is 3.65. The fourth-order valence-electron chi connectivity index (χ4n) is 2.04. The van der Waals surface area contributed by atoms with Gasteiger partial charge in [-0.1, -0.05) is 12.1 Å². The number of para-hydroxylation sites is 1. The van der Waals surface area contributed by atoms with E-state index >= 15 is 0 Å². The Morgan fingerprint density at radius 2 is 2.33 bits per heavy atom. The van der Waals surface area contributed by atoms with E-state index in [2.05, 4.69) is 22.0 Å². The van der Waals surface area contributed by atoms with Gasteiger partial charge in [0.2, 0.25) is 0 Å². The summed E-state index contributed by atoms with van der Waals surface area (Å²) in [6, 6.07) is 6.13. The van der Waals surface area contributed by atoms with Gasteiger partial charge in [-0.3, -0.25) is 0 Å². The summed E-state index contributed by atoms with van der Waals surface area (Å²) in [4.78, 5) is 0. The Bertz CT molecular complexity index is 334. The second-order valence-electron chi connectivity index (χ2n) is 4.10. The number of nitrogen functional groups attached to an aromatic ring is 1. The van der Waals surface area contributed by atoms with Crippen molar-refractivity contribution in [1.82, 2.24) is 0 Å². The van der Waals surface area contributed by atoms with E-state index in [0.717, 1.165) is 29.8 Å². The third-order valence-corrected chi connectivity index (χ3v) is 3.60. The molecule has 1 atom stereocenters. The topological polar surface area (TPSA) is 35.2 Å². The Labute approximate surface area is 98.9 Å². The van der Waals surface area contributed by atoms with Crippen molar-refractivity contribution in [2.45, 2.75) is 19.3 Å². The zero-order valence-electron chi connectivity index (χ0n) is 8.71. The molecule has 1 aromatic rings. The second kappa shape index (κ2) is 4.99. The first-order chi connectivity index (χ1) is 7.27. The highest BCUT2D eigenvalue weighted by Crippen LogP contribution is 2.27. The Morgan fingerprint density at radius 3 is 3.07 bits per heavy atom. The van der Waals surface area contributed by atoms with E-state index in [1.807, 2.05) is 12.1 Å². The van der Waals surface area contributed by atoms with Gasteiger partial charge in [-0.25, -0.2) is 0 Å². The van der Waals surface area contributed by atoms with E-state index < -0.39 is 0 Å². The van der Waals surface area contributed by atoms with Crippen LogP contribution < -0.4 is 5.73 Å². The van der Waals surface area contributed by atoms with E-state index in [1.54, 1.807) is 0 Å². The first kappa shape index (κ1) is 11.0. The number of hydrogen-bond donors (Lipinski definition) is 1. The van der Waals surface area contributed by atoms with E-state index in [-0.39, 0.29) is 0 Å². The summed E-state index contributed by atoms with van der Waals surface area (Å²) in [6.45, 7) is 1.80. The van der Waals surface area contributed by atoms with Crippen molar-refractivity contribution >= 4 is 21.6 Å². The third kappa shape index (κ3) is 2.73. The molecule has 1 fully saturated rings. The summed E-state index contributed by atoms with van der Waals surface area (Å²) in [7, 11) is 0. The summed E-state index contributed by atoms with van der Waals surface area (Å²) in [5, 5.41) is 0. The number of hydrogen-bond acceptors (Lipinski definition) is 2. The maximum atomic E-state index is 6.01. The largest absolute Gasteiger partial charge is 0.398 e. The minimum absolute atomic E-state index is 0.635. The molecular formula is C12H16BrNO. The molecular weight excluding hydrogens is 254 g/mol. The molecule has 0 aliphatic carbocycles. The minimum Gasteiger partial charge on any atom is -0.398 e. The van der Waals surface area contributed by atoms with Crippen LogP contribution in [-0.2, 0) is 11.2 Å². The fourth-order valence-corrected chi connectivity index (χ4v) is 2.45. The number of rotatable bonds is 2. The molecule has 0 aromatic heterocycles. The highest BCUT2D eigenvalue weighted by molar-refractivity contribution is 9.10. The molecule has 0 radical (unpaired) electrons. The normalized spacial score (nSPS) is 21.5. The van der Waals surface area contributed by atoms with Crippen LogP contribution in [-0.4, -0.2) is 13.2 Å². The van der Waals surface area contributed by atoms with Gasteiger partial charge >= 0.3 is 0 Å². The predicted molar refractivity (Wildman–Crippen MR) is 65.8 cm³/mol. The van der Waals surface area contributed by atoms with E-state index in [1.165, 1.54) is 18.4 Å². The van der Waals surface area contributed by atoms with Crippen molar-refractivity contribution < 1.29 is 4.74 Å². The van der Waals surface area contributed by atoms with Crippen LogP contribution in [0.4, 0.5) is 5.69 Å². The molecule has 1 unspecified atom stereocenters. The summed E-state index contributed by atoms with van der Waals surface area (Å²) in [5.74, 6) is 0.635. The van der Waals surface area contributed by atoms with Crippen LogP contribution in [0.5, 0.6) is 0 Å². The Balaban J connectivity index is 2.06. The van der Waals surface area contributed by atoms with Gasteiger partial charge in [0.15, 0.2) is 0 Å². The smallest absolute Gasteiger partial charge is 0.0497 e.